The van der Waals surface area contributed by atoms with Gasteiger partial charge >= 0.3 is 0 Å². The topological polar surface area (TPSA) is 59.3 Å². The quantitative estimate of drug-likeness (QED) is 0.596. The molecule has 3 aromatic heterocycles. The molecule has 0 aliphatic heterocycles. The predicted molar refractivity (Wildman–Crippen MR) is 106 cm³/mol. The van der Waals surface area contributed by atoms with Gasteiger partial charge in [-0.3, -0.25) is 14.2 Å². The van der Waals surface area contributed by atoms with Crippen LogP contribution in [-0.4, -0.2) is 20.3 Å². The van der Waals surface area contributed by atoms with Crippen LogP contribution in [0.15, 0.2) is 67.1 Å². The molecule has 0 aliphatic rings. The zero-order valence-electron chi connectivity index (χ0n) is 15.3. The number of carbonyl (C=O) groups is 1. The van der Waals surface area contributed by atoms with Gasteiger partial charge in [0.15, 0.2) is 0 Å². The first-order chi connectivity index (χ1) is 13.1. The van der Waals surface area contributed by atoms with E-state index in [-0.39, 0.29) is 5.91 Å². The van der Waals surface area contributed by atoms with Crippen molar-refractivity contribution in [1.29, 1.82) is 0 Å². The number of hydrogen-bond donors (Lipinski definition) is 1. The summed E-state index contributed by atoms with van der Waals surface area (Å²) in [5.74, 6) is -0.160. The Morgan fingerprint density at radius 1 is 1.00 bits per heavy atom. The minimum atomic E-state index is -0.160. The van der Waals surface area contributed by atoms with E-state index in [0.717, 1.165) is 29.0 Å². The van der Waals surface area contributed by atoms with Gasteiger partial charge in [-0.15, -0.1) is 0 Å². The lowest BCUT2D eigenvalue weighted by molar-refractivity contribution is 0.102. The molecule has 4 aromatic rings. The van der Waals surface area contributed by atoms with Gasteiger partial charge in [-0.05, 0) is 67.3 Å². The molecule has 1 aromatic carbocycles. The maximum atomic E-state index is 12.8. The van der Waals surface area contributed by atoms with Crippen LogP contribution in [0.3, 0.4) is 0 Å². The van der Waals surface area contributed by atoms with E-state index in [1.807, 2.05) is 73.0 Å². The van der Waals surface area contributed by atoms with Crippen molar-refractivity contribution in [2.75, 3.05) is 5.32 Å². The summed E-state index contributed by atoms with van der Waals surface area (Å²) < 4.78 is 1.85. The summed E-state index contributed by atoms with van der Waals surface area (Å²) in [4.78, 5) is 21.4. The van der Waals surface area contributed by atoms with Crippen molar-refractivity contribution in [3.8, 4) is 0 Å². The normalized spacial score (nSPS) is 10.9. The number of rotatable bonds is 4. The Balaban J connectivity index is 1.53. The summed E-state index contributed by atoms with van der Waals surface area (Å²) in [7, 11) is 0. The molecule has 0 saturated carbocycles. The predicted octanol–water partition coefficient (Wildman–Crippen LogP) is 4.19. The number of benzene rings is 1. The summed E-state index contributed by atoms with van der Waals surface area (Å²) in [6.45, 7) is 3.85. The molecule has 0 fully saturated rings. The highest BCUT2D eigenvalue weighted by molar-refractivity contribution is 6.04. The number of anilines is 1. The molecule has 0 radical (unpaired) electrons. The summed E-state index contributed by atoms with van der Waals surface area (Å²) >= 11 is 0. The third kappa shape index (κ3) is 3.44. The van der Waals surface area contributed by atoms with Crippen LogP contribution in [0.2, 0.25) is 0 Å². The molecule has 0 unspecified atom stereocenters. The molecular weight excluding hydrogens is 336 g/mol. The largest absolute Gasteiger partial charge is 0.321 e. The van der Waals surface area contributed by atoms with Gasteiger partial charge < -0.3 is 5.32 Å². The molecule has 0 spiro atoms. The van der Waals surface area contributed by atoms with Crippen LogP contribution in [0, 0.1) is 13.8 Å². The van der Waals surface area contributed by atoms with Crippen LogP contribution in [0.1, 0.15) is 32.9 Å². The second-order valence-corrected chi connectivity index (χ2v) is 6.61. The third-order valence-electron chi connectivity index (χ3n) is 4.60. The number of pyridine rings is 2. The Bertz CT molecular complexity index is 1100. The number of imidazole rings is 1. The maximum Gasteiger partial charge on any atom is 0.274 e. The van der Waals surface area contributed by atoms with Crippen LogP contribution in [-0.2, 0) is 6.42 Å². The molecule has 27 heavy (non-hydrogen) atoms. The number of hydrogen-bond acceptors (Lipinski definition) is 3. The molecule has 0 aliphatic carbocycles. The van der Waals surface area contributed by atoms with Crippen molar-refractivity contribution >= 4 is 17.2 Å². The third-order valence-corrected chi connectivity index (χ3v) is 4.60. The standard InChI is InChI=1S/C22H20N4O/c1-15-4-3-13-26-20(16(2)24-21(15)26)22(27)25-19-7-5-17(6-8-19)14-18-9-11-23-12-10-18/h3-13H,14H2,1-2H3,(H,25,27). The lowest BCUT2D eigenvalue weighted by Crippen LogP contribution is -2.15. The van der Waals surface area contributed by atoms with Crippen molar-refractivity contribution in [2.45, 2.75) is 20.3 Å². The van der Waals surface area contributed by atoms with E-state index in [0.29, 0.717) is 5.69 Å². The minimum absolute atomic E-state index is 0.160. The van der Waals surface area contributed by atoms with Crippen molar-refractivity contribution in [3.05, 3.63) is 95.2 Å². The van der Waals surface area contributed by atoms with Crippen LogP contribution in [0.5, 0.6) is 0 Å². The number of nitrogens with zero attached hydrogens (tertiary/aromatic N) is 3. The zero-order chi connectivity index (χ0) is 18.8. The number of aromatic nitrogens is 3. The van der Waals surface area contributed by atoms with Gasteiger partial charge in [0, 0.05) is 24.3 Å². The van der Waals surface area contributed by atoms with Gasteiger partial charge in [-0.2, -0.15) is 0 Å². The van der Waals surface area contributed by atoms with Gasteiger partial charge in [0.25, 0.3) is 5.91 Å². The zero-order valence-corrected chi connectivity index (χ0v) is 15.3. The second kappa shape index (κ2) is 7.03. The molecule has 134 valence electrons. The van der Waals surface area contributed by atoms with Gasteiger partial charge in [0.1, 0.15) is 11.3 Å². The van der Waals surface area contributed by atoms with E-state index < -0.39 is 0 Å². The van der Waals surface area contributed by atoms with Crippen LogP contribution in [0.25, 0.3) is 5.65 Å². The number of aryl methyl sites for hydroxylation is 2. The monoisotopic (exact) mass is 356 g/mol. The average molecular weight is 356 g/mol. The Morgan fingerprint density at radius 2 is 1.70 bits per heavy atom. The first kappa shape index (κ1) is 17.0. The smallest absolute Gasteiger partial charge is 0.274 e. The van der Waals surface area contributed by atoms with Crippen molar-refractivity contribution in [3.63, 3.8) is 0 Å². The average Bonchev–Trinajstić information content (AvgIpc) is 3.02. The van der Waals surface area contributed by atoms with E-state index in [1.54, 1.807) is 12.4 Å². The van der Waals surface area contributed by atoms with E-state index in [4.69, 9.17) is 0 Å². The summed E-state index contributed by atoms with van der Waals surface area (Å²) in [6, 6.07) is 15.8. The first-order valence-corrected chi connectivity index (χ1v) is 8.85. The number of amides is 1. The molecule has 3 heterocycles. The summed E-state index contributed by atoms with van der Waals surface area (Å²) in [6.07, 6.45) is 6.30. The maximum absolute atomic E-state index is 12.8. The SMILES string of the molecule is Cc1nc2c(C)cccn2c1C(=O)Nc1ccc(Cc2ccncc2)cc1. The van der Waals surface area contributed by atoms with Crippen LogP contribution in [0.4, 0.5) is 5.69 Å². The fourth-order valence-electron chi connectivity index (χ4n) is 3.22. The summed E-state index contributed by atoms with van der Waals surface area (Å²) in [5, 5.41) is 2.98. The van der Waals surface area contributed by atoms with Crippen LogP contribution < -0.4 is 5.32 Å². The first-order valence-electron chi connectivity index (χ1n) is 8.85. The van der Waals surface area contributed by atoms with Crippen LogP contribution >= 0.6 is 0 Å². The Hall–Kier alpha value is -3.47. The molecular formula is C22H20N4O. The van der Waals surface area contributed by atoms with E-state index in [9.17, 15) is 4.79 Å². The molecule has 1 N–H and O–H groups in total. The Morgan fingerprint density at radius 3 is 2.44 bits per heavy atom. The molecule has 0 atom stereocenters. The molecule has 5 nitrogen and oxygen atoms in total. The molecule has 0 saturated heterocycles. The van der Waals surface area contributed by atoms with Crippen molar-refractivity contribution in [2.24, 2.45) is 0 Å². The van der Waals surface area contributed by atoms with Gasteiger partial charge in [-0.1, -0.05) is 18.2 Å². The number of nitrogens with one attached hydrogen (secondary N) is 1. The van der Waals surface area contributed by atoms with Gasteiger partial charge in [0.2, 0.25) is 0 Å². The minimum Gasteiger partial charge on any atom is -0.321 e. The van der Waals surface area contributed by atoms with E-state index >= 15 is 0 Å². The molecule has 0 bridgehead atoms. The summed E-state index contributed by atoms with van der Waals surface area (Å²) in [5.41, 5.74) is 6.29. The van der Waals surface area contributed by atoms with Crippen molar-refractivity contribution in [1.82, 2.24) is 14.4 Å². The highest BCUT2D eigenvalue weighted by atomic mass is 16.2. The fourth-order valence-corrected chi connectivity index (χ4v) is 3.22. The lowest BCUT2D eigenvalue weighted by Gasteiger charge is -2.08. The highest BCUT2D eigenvalue weighted by Crippen LogP contribution is 2.18. The highest BCUT2D eigenvalue weighted by Gasteiger charge is 2.17. The lowest BCUT2D eigenvalue weighted by atomic mass is 10.1. The number of fused-ring (bicyclic) bond motifs is 1. The molecule has 5 heteroatoms. The Kier molecular flexibility index (Phi) is 4.42. The molecule has 4 rings (SSSR count). The Labute approximate surface area is 157 Å². The molecule has 1 amide bonds. The number of carbonyl (C=O) groups excluding carboxylic acids is 1. The van der Waals surface area contributed by atoms with Crippen molar-refractivity contribution < 1.29 is 4.79 Å². The fraction of sp³-hybridized carbons (Fsp3) is 0.136. The second-order valence-electron chi connectivity index (χ2n) is 6.61. The van der Waals surface area contributed by atoms with Gasteiger partial charge in [0.05, 0.1) is 5.69 Å². The van der Waals surface area contributed by atoms with E-state index in [2.05, 4.69) is 15.3 Å². The van der Waals surface area contributed by atoms with E-state index in [1.165, 1.54) is 11.1 Å². The van der Waals surface area contributed by atoms with Gasteiger partial charge in [-0.25, -0.2) is 4.98 Å².